The molecule has 0 saturated heterocycles. The highest BCUT2D eigenvalue weighted by molar-refractivity contribution is 5.26. The van der Waals surface area contributed by atoms with Crippen LogP contribution in [0.15, 0.2) is 37.0 Å². The van der Waals surface area contributed by atoms with E-state index in [0.717, 1.165) is 12.1 Å². The predicted octanol–water partition coefficient (Wildman–Crippen LogP) is 1.22. The van der Waals surface area contributed by atoms with E-state index in [0.29, 0.717) is 6.54 Å². The molecule has 2 heteroatoms. The number of hydrogen-bond acceptors (Lipinski definition) is 2. The summed E-state index contributed by atoms with van der Waals surface area (Å²) in [6.07, 6.45) is 5.48. The lowest BCUT2D eigenvalue weighted by molar-refractivity contribution is 0.606. The minimum absolute atomic E-state index is 0.200. The predicted molar refractivity (Wildman–Crippen MR) is 55.0 cm³/mol. The van der Waals surface area contributed by atoms with E-state index in [2.05, 4.69) is 25.4 Å². The zero-order valence-corrected chi connectivity index (χ0v) is 7.72. The first kappa shape index (κ1) is 11.1. The highest BCUT2D eigenvalue weighted by Crippen LogP contribution is 2.02. The zero-order chi connectivity index (χ0) is 9.40. The molecule has 0 saturated carbocycles. The maximum atomic E-state index is 5.58. The Hall–Kier alpha value is -0.860. The van der Waals surface area contributed by atoms with E-state index in [1.807, 2.05) is 12.2 Å². The number of allylic oxidation sites excluding steroid dienone is 2. The molecular weight excluding hydrogens is 148 g/mol. The van der Waals surface area contributed by atoms with Crippen LogP contribution in [0, 0.1) is 0 Å². The fourth-order valence-corrected chi connectivity index (χ4v) is 1.05. The van der Waals surface area contributed by atoms with E-state index in [9.17, 15) is 0 Å². The highest BCUT2D eigenvalue weighted by Gasteiger charge is 2.06. The van der Waals surface area contributed by atoms with Gasteiger partial charge in [-0.1, -0.05) is 38.3 Å². The second kappa shape index (κ2) is 6.83. The molecule has 0 fully saturated rings. The van der Waals surface area contributed by atoms with Gasteiger partial charge in [0.25, 0.3) is 0 Å². The van der Waals surface area contributed by atoms with Gasteiger partial charge in [0.05, 0.1) is 0 Å². The fraction of sp³-hybridized carbons (Fsp3) is 0.400. The van der Waals surface area contributed by atoms with Crippen LogP contribution in [0.25, 0.3) is 0 Å². The van der Waals surface area contributed by atoms with Crippen LogP contribution in [0.3, 0.4) is 0 Å². The fourth-order valence-electron chi connectivity index (χ4n) is 1.05. The van der Waals surface area contributed by atoms with Crippen LogP contribution in [0.1, 0.15) is 6.92 Å². The maximum absolute atomic E-state index is 5.58. The van der Waals surface area contributed by atoms with Gasteiger partial charge in [-0.15, -0.1) is 0 Å². The quantitative estimate of drug-likeness (QED) is 0.582. The first-order valence-corrected chi connectivity index (χ1v) is 4.18. The molecule has 3 N–H and O–H groups in total. The standard InChI is InChI=1S/C10H18N2/c1-4-7-9(5-2)10(8-11)12-6-3/h4-5,7,10,12H,1-2,6,8,11H2,3H3/b9-7+. The van der Waals surface area contributed by atoms with Gasteiger partial charge in [-0.25, -0.2) is 0 Å². The minimum Gasteiger partial charge on any atom is -0.329 e. The Labute approximate surface area is 74.8 Å². The number of nitrogens with two attached hydrogens (primary N) is 1. The molecule has 2 nitrogen and oxygen atoms in total. The van der Waals surface area contributed by atoms with E-state index >= 15 is 0 Å². The lowest BCUT2D eigenvalue weighted by Crippen LogP contribution is -2.37. The number of nitrogens with one attached hydrogen (secondary N) is 1. The van der Waals surface area contributed by atoms with Gasteiger partial charge in [0.1, 0.15) is 0 Å². The normalized spacial score (nSPS) is 14.0. The van der Waals surface area contributed by atoms with E-state index in [-0.39, 0.29) is 6.04 Å². The molecule has 12 heavy (non-hydrogen) atoms. The molecule has 0 aliphatic carbocycles. The van der Waals surface area contributed by atoms with Crippen molar-refractivity contribution in [2.24, 2.45) is 5.73 Å². The third-order valence-electron chi connectivity index (χ3n) is 1.63. The van der Waals surface area contributed by atoms with Crippen LogP contribution >= 0.6 is 0 Å². The van der Waals surface area contributed by atoms with Gasteiger partial charge >= 0.3 is 0 Å². The summed E-state index contributed by atoms with van der Waals surface area (Å²) in [6.45, 7) is 10.9. The molecule has 0 bridgehead atoms. The van der Waals surface area contributed by atoms with Crippen LogP contribution in [-0.4, -0.2) is 19.1 Å². The van der Waals surface area contributed by atoms with Crippen molar-refractivity contribution in [2.45, 2.75) is 13.0 Å². The molecule has 1 atom stereocenters. The summed E-state index contributed by atoms with van der Waals surface area (Å²) in [5.74, 6) is 0. The van der Waals surface area contributed by atoms with Gasteiger partial charge < -0.3 is 11.1 Å². The summed E-state index contributed by atoms with van der Waals surface area (Å²) in [5.41, 5.74) is 6.67. The van der Waals surface area contributed by atoms with E-state index in [1.165, 1.54) is 0 Å². The molecule has 0 amide bonds. The SMILES string of the molecule is C=C/C=C(\C=C)C(CN)NCC. The Bertz CT molecular complexity index is 171. The van der Waals surface area contributed by atoms with Crippen molar-refractivity contribution in [2.75, 3.05) is 13.1 Å². The van der Waals surface area contributed by atoms with E-state index < -0.39 is 0 Å². The Morgan fingerprint density at radius 2 is 2.25 bits per heavy atom. The van der Waals surface area contributed by atoms with Crippen molar-refractivity contribution in [1.82, 2.24) is 5.32 Å². The minimum atomic E-state index is 0.200. The summed E-state index contributed by atoms with van der Waals surface area (Å²) >= 11 is 0. The number of hydrogen-bond donors (Lipinski definition) is 2. The average molecular weight is 166 g/mol. The molecule has 0 aliphatic heterocycles. The third kappa shape index (κ3) is 3.51. The van der Waals surface area contributed by atoms with Crippen molar-refractivity contribution >= 4 is 0 Å². The van der Waals surface area contributed by atoms with Crippen molar-refractivity contribution in [1.29, 1.82) is 0 Å². The lowest BCUT2D eigenvalue weighted by Gasteiger charge is -2.16. The second-order valence-corrected chi connectivity index (χ2v) is 2.45. The number of likely N-dealkylation sites (N-methyl/N-ethyl adjacent to an activating group) is 1. The first-order valence-electron chi connectivity index (χ1n) is 4.18. The van der Waals surface area contributed by atoms with Crippen molar-refractivity contribution in [3.05, 3.63) is 37.0 Å². The van der Waals surface area contributed by atoms with Crippen molar-refractivity contribution in [3.8, 4) is 0 Å². The Morgan fingerprint density at radius 1 is 1.58 bits per heavy atom. The first-order chi connectivity index (χ1) is 5.79. The Morgan fingerprint density at radius 3 is 2.58 bits per heavy atom. The molecule has 0 spiro atoms. The van der Waals surface area contributed by atoms with Crippen LogP contribution in [0.2, 0.25) is 0 Å². The Kier molecular flexibility index (Phi) is 6.34. The van der Waals surface area contributed by atoms with Gasteiger partial charge in [-0.05, 0) is 12.1 Å². The Balaban J connectivity index is 4.31. The largest absolute Gasteiger partial charge is 0.329 e. The molecule has 1 unspecified atom stereocenters. The average Bonchev–Trinajstić information content (AvgIpc) is 2.11. The molecule has 0 aromatic rings. The van der Waals surface area contributed by atoms with Crippen LogP contribution in [0.4, 0.5) is 0 Å². The monoisotopic (exact) mass is 166 g/mol. The summed E-state index contributed by atoms with van der Waals surface area (Å²) in [7, 11) is 0. The van der Waals surface area contributed by atoms with Gasteiger partial charge in [0.2, 0.25) is 0 Å². The van der Waals surface area contributed by atoms with Gasteiger partial charge in [0.15, 0.2) is 0 Å². The summed E-state index contributed by atoms with van der Waals surface area (Å²) in [5, 5.41) is 3.26. The second-order valence-electron chi connectivity index (χ2n) is 2.45. The third-order valence-corrected chi connectivity index (χ3v) is 1.63. The highest BCUT2D eigenvalue weighted by atomic mass is 14.9. The van der Waals surface area contributed by atoms with Gasteiger partial charge in [-0.2, -0.15) is 0 Å². The lowest BCUT2D eigenvalue weighted by atomic mass is 10.1. The van der Waals surface area contributed by atoms with Crippen LogP contribution in [-0.2, 0) is 0 Å². The maximum Gasteiger partial charge on any atom is 0.0444 e. The smallest absolute Gasteiger partial charge is 0.0444 e. The van der Waals surface area contributed by atoms with E-state index in [4.69, 9.17) is 5.73 Å². The van der Waals surface area contributed by atoms with Crippen molar-refractivity contribution < 1.29 is 0 Å². The topological polar surface area (TPSA) is 38.0 Å². The summed E-state index contributed by atoms with van der Waals surface area (Å²) < 4.78 is 0. The molecule has 0 aliphatic rings. The summed E-state index contributed by atoms with van der Waals surface area (Å²) in [6, 6.07) is 0.200. The van der Waals surface area contributed by atoms with Gasteiger partial charge in [0, 0.05) is 12.6 Å². The van der Waals surface area contributed by atoms with Crippen LogP contribution < -0.4 is 11.1 Å². The number of rotatable bonds is 6. The van der Waals surface area contributed by atoms with Crippen LogP contribution in [0.5, 0.6) is 0 Å². The molecule has 0 aromatic carbocycles. The molecule has 68 valence electrons. The molecule has 0 rings (SSSR count). The van der Waals surface area contributed by atoms with E-state index in [1.54, 1.807) is 6.08 Å². The van der Waals surface area contributed by atoms with Gasteiger partial charge in [-0.3, -0.25) is 0 Å². The molecule has 0 radical (unpaired) electrons. The molecule has 0 heterocycles. The molecule has 0 aromatic heterocycles. The summed E-state index contributed by atoms with van der Waals surface area (Å²) in [4.78, 5) is 0. The molecular formula is C10H18N2. The van der Waals surface area contributed by atoms with Crippen molar-refractivity contribution in [3.63, 3.8) is 0 Å². The zero-order valence-electron chi connectivity index (χ0n) is 7.72.